The maximum atomic E-state index is 5.64. The van der Waals surface area contributed by atoms with E-state index in [1.807, 2.05) is 0 Å². The monoisotopic (exact) mass is 210 g/mol. The van der Waals surface area contributed by atoms with Crippen molar-refractivity contribution in [1.29, 1.82) is 0 Å². The lowest BCUT2D eigenvalue weighted by Crippen LogP contribution is -2.29. The molecule has 2 heteroatoms. The van der Waals surface area contributed by atoms with Gasteiger partial charge < -0.3 is 10.6 Å². The molecule has 2 fully saturated rings. The van der Waals surface area contributed by atoms with Gasteiger partial charge in [0.1, 0.15) is 0 Å². The molecular weight excluding hydrogens is 184 g/mol. The van der Waals surface area contributed by atoms with E-state index in [4.69, 9.17) is 5.73 Å². The Balaban J connectivity index is 1.60. The summed E-state index contributed by atoms with van der Waals surface area (Å²) in [6.07, 6.45) is 8.55. The molecule has 0 aromatic heterocycles. The summed E-state index contributed by atoms with van der Waals surface area (Å²) in [6, 6.07) is 0.957. The highest BCUT2D eigenvalue weighted by molar-refractivity contribution is 4.88. The van der Waals surface area contributed by atoms with Crippen molar-refractivity contribution < 1.29 is 0 Å². The van der Waals surface area contributed by atoms with E-state index in [0.717, 1.165) is 18.5 Å². The maximum absolute atomic E-state index is 5.64. The number of nitrogens with zero attached hydrogens (tertiary/aromatic N) is 1. The van der Waals surface area contributed by atoms with Crippen LogP contribution in [-0.2, 0) is 0 Å². The standard InChI is InChI=1S/C13H26N2/c1-11(9-14)3-2-8-15(13-6-7-13)10-12-4-5-12/h11-13H,2-10,14H2,1H3. The van der Waals surface area contributed by atoms with Gasteiger partial charge in [0.2, 0.25) is 0 Å². The van der Waals surface area contributed by atoms with Gasteiger partial charge >= 0.3 is 0 Å². The Labute approximate surface area is 94.2 Å². The Hall–Kier alpha value is -0.0800. The fraction of sp³-hybridized carbons (Fsp3) is 1.00. The summed E-state index contributed by atoms with van der Waals surface area (Å²) >= 11 is 0. The van der Waals surface area contributed by atoms with Crippen molar-refractivity contribution >= 4 is 0 Å². The summed E-state index contributed by atoms with van der Waals surface area (Å²) in [6.45, 7) is 5.83. The Bertz CT molecular complexity index is 185. The molecule has 0 saturated heterocycles. The molecule has 2 aliphatic rings. The summed E-state index contributed by atoms with van der Waals surface area (Å²) in [4.78, 5) is 2.75. The van der Waals surface area contributed by atoms with Crippen molar-refractivity contribution in [3.63, 3.8) is 0 Å². The fourth-order valence-electron chi connectivity index (χ4n) is 2.26. The highest BCUT2D eigenvalue weighted by Crippen LogP contribution is 2.34. The van der Waals surface area contributed by atoms with Crippen LogP contribution in [0.4, 0.5) is 0 Å². The SMILES string of the molecule is CC(CN)CCCN(CC1CC1)C1CC1. The molecule has 0 radical (unpaired) electrons. The third-order valence-corrected chi connectivity index (χ3v) is 3.80. The largest absolute Gasteiger partial charge is 0.330 e. The van der Waals surface area contributed by atoms with Gasteiger partial charge in [-0.25, -0.2) is 0 Å². The lowest BCUT2D eigenvalue weighted by atomic mass is 10.1. The van der Waals surface area contributed by atoms with Crippen LogP contribution < -0.4 is 5.73 Å². The van der Waals surface area contributed by atoms with Crippen molar-refractivity contribution in [3.8, 4) is 0 Å². The second-order valence-electron chi connectivity index (χ2n) is 5.65. The van der Waals surface area contributed by atoms with Crippen molar-refractivity contribution in [3.05, 3.63) is 0 Å². The molecule has 15 heavy (non-hydrogen) atoms. The smallest absolute Gasteiger partial charge is 0.00965 e. The van der Waals surface area contributed by atoms with Crippen LogP contribution in [-0.4, -0.2) is 30.6 Å². The van der Waals surface area contributed by atoms with Gasteiger partial charge in [0.25, 0.3) is 0 Å². The zero-order valence-corrected chi connectivity index (χ0v) is 10.1. The first-order valence-corrected chi connectivity index (χ1v) is 6.73. The normalized spacial score (nSPS) is 23.4. The minimum atomic E-state index is 0.715. The Kier molecular flexibility index (Phi) is 4.04. The molecule has 0 aromatic rings. The van der Waals surface area contributed by atoms with E-state index in [1.165, 1.54) is 51.6 Å². The molecule has 0 aliphatic heterocycles. The zero-order valence-electron chi connectivity index (χ0n) is 10.1. The first-order chi connectivity index (χ1) is 7.29. The molecule has 0 spiro atoms. The van der Waals surface area contributed by atoms with Crippen molar-refractivity contribution in [2.75, 3.05) is 19.6 Å². The molecule has 1 unspecified atom stereocenters. The first kappa shape index (κ1) is 11.4. The summed E-state index contributed by atoms with van der Waals surface area (Å²) < 4.78 is 0. The summed E-state index contributed by atoms with van der Waals surface area (Å²) in [5.74, 6) is 1.77. The quantitative estimate of drug-likeness (QED) is 0.666. The number of hydrogen-bond acceptors (Lipinski definition) is 2. The van der Waals surface area contributed by atoms with Crippen LogP contribution in [0, 0.1) is 11.8 Å². The molecule has 0 aromatic carbocycles. The second-order valence-corrected chi connectivity index (χ2v) is 5.65. The van der Waals surface area contributed by atoms with Crippen LogP contribution in [0.3, 0.4) is 0 Å². The van der Waals surface area contributed by atoms with Gasteiger partial charge in [-0.2, -0.15) is 0 Å². The predicted molar refractivity (Wildman–Crippen MR) is 64.8 cm³/mol. The molecular formula is C13H26N2. The third-order valence-electron chi connectivity index (χ3n) is 3.80. The van der Waals surface area contributed by atoms with Crippen LogP contribution in [0.25, 0.3) is 0 Å². The summed E-state index contributed by atoms with van der Waals surface area (Å²) in [7, 11) is 0. The number of hydrogen-bond donors (Lipinski definition) is 1. The Morgan fingerprint density at radius 1 is 1.27 bits per heavy atom. The van der Waals surface area contributed by atoms with Crippen molar-refractivity contribution in [2.24, 2.45) is 17.6 Å². The van der Waals surface area contributed by atoms with Gasteiger partial charge in [-0.1, -0.05) is 6.92 Å². The number of rotatable bonds is 8. The Morgan fingerprint density at radius 2 is 2.00 bits per heavy atom. The predicted octanol–water partition coefficient (Wildman–Crippen LogP) is 2.24. The minimum Gasteiger partial charge on any atom is -0.330 e. The lowest BCUT2D eigenvalue weighted by Gasteiger charge is -2.22. The van der Waals surface area contributed by atoms with E-state index in [2.05, 4.69) is 11.8 Å². The number of nitrogens with two attached hydrogens (primary N) is 1. The molecule has 2 rings (SSSR count). The molecule has 0 bridgehead atoms. The summed E-state index contributed by atoms with van der Waals surface area (Å²) in [5.41, 5.74) is 5.64. The average molecular weight is 210 g/mol. The minimum absolute atomic E-state index is 0.715. The molecule has 2 saturated carbocycles. The highest BCUT2D eigenvalue weighted by Gasteiger charge is 2.33. The van der Waals surface area contributed by atoms with E-state index < -0.39 is 0 Å². The fourth-order valence-corrected chi connectivity index (χ4v) is 2.26. The van der Waals surface area contributed by atoms with E-state index in [9.17, 15) is 0 Å². The molecule has 88 valence electrons. The van der Waals surface area contributed by atoms with Gasteiger partial charge in [-0.05, 0) is 63.5 Å². The van der Waals surface area contributed by atoms with Gasteiger partial charge in [-0.3, -0.25) is 0 Å². The first-order valence-electron chi connectivity index (χ1n) is 6.73. The van der Waals surface area contributed by atoms with E-state index in [0.29, 0.717) is 5.92 Å². The van der Waals surface area contributed by atoms with Crippen molar-refractivity contribution in [2.45, 2.75) is 51.5 Å². The van der Waals surface area contributed by atoms with E-state index in [-0.39, 0.29) is 0 Å². The third kappa shape index (κ3) is 4.12. The van der Waals surface area contributed by atoms with Gasteiger partial charge in [0.15, 0.2) is 0 Å². The van der Waals surface area contributed by atoms with Crippen LogP contribution in [0.1, 0.15) is 45.4 Å². The Morgan fingerprint density at radius 3 is 2.53 bits per heavy atom. The second kappa shape index (κ2) is 5.31. The maximum Gasteiger partial charge on any atom is 0.00965 e. The molecule has 0 amide bonds. The van der Waals surface area contributed by atoms with Gasteiger partial charge in [0.05, 0.1) is 0 Å². The lowest BCUT2D eigenvalue weighted by molar-refractivity contribution is 0.242. The van der Waals surface area contributed by atoms with Crippen molar-refractivity contribution in [1.82, 2.24) is 4.90 Å². The van der Waals surface area contributed by atoms with Crippen LogP contribution >= 0.6 is 0 Å². The molecule has 2 nitrogen and oxygen atoms in total. The van der Waals surface area contributed by atoms with Crippen LogP contribution in [0.2, 0.25) is 0 Å². The topological polar surface area (TPSA) is 29.3 Å². The van der Waals surface area contributed by atoms with E-state index in [1.54, 1.807) is 0 Å². The molecule has 1 atom stereocenters. The van der Waals surface area contributed by atoms with Crippen LogP contribution in [0.15, 0.2) is 0 Å². The van der Waals surface area contributed by atoms with Gasteiger partial charge in [0, 0.05) is 12.6 Å². The average Bonchev–Trinajstić information content (AvgIpc) is 3.07. The zero-order chi connectivity index (χ0) is 10.7. The highest BCUT2D eigenvalue weighted by atomic mass is 15.2. The van der Waals surface area contributed by atoms with Crippen LogP contribution in [0.5, 0.6) is 0 Å². The molecule has 2 aliphatic carbocycles. The molecule has 2 N–H and O–H groups in total. The molecule has 0 heterocycles. The van der Waals surface area contributed by atoms with Gasteiger partial charge in [-0.15, -0.1) is 0 Å². The summed E-state index contributed by atoms with van der Waals surface area (Å²) in [5, 5.41) is 0. The van der Waals surface area contributed by atoms with E-state index >= 15 is 0 Å².